The maximum Gasteiger partial charge on any atom is 0.119 e. The van der Waals surface area contributed by atoms with Crippen molar-refractivity contribution in [1.82, 2.24) is 5.32 Å². The second kappa shape index (κ2) is 15.7. The summed E-state index contributed by atoms with van der Waals surface area (Å²) in [6, 6.07) is 33.8. The number of rotatable bonds is 15. The van der Waals surface area contributed by atoms with E-state index in [2.05, 4.69) is 91.1 Å². The molecule has 0 aromatic heterocycles. The SMILES string of the molecule is CCCCO[C@@H]1CNC[C@H](OCc2ccc3ccccc3c2)[C@H]1c1ccc(OCCCOCc2ccccc2)cc1. The van der Waals surface area contributed by atoms with Crippen LogP contribution in [-0.4, -0.2) is 45.1 Å². The molecule has 0 bridgehead atoms. The number of hydrogen-bond donors (Lipinski definition) is 1. The van der Waals surface area contributed by atoms with E-state index in [9.17, 15) is 0 Å². The van der Waals surface area contributed by atoms with Crippen LogP contribution in [-0.2, 0) is 27.4 Å². The van der Waals surface area contributed by atoms with Gasteiger partial charge in [0.2, 0.25) is 0 Å². The Kier molecular flexibility index (Phi) is 11.2. The average molecular weight is 554 g/mol. The summed E-state index contributed by atoms with van der Waals surface area (Å²) in [5.41, 5.74) is 3.61. The summed E-state index contributed by atoms with van der Waals surface area (Å²) in [5, 5.41) is 6.05. The number of fused-ring (bicyclic) bond motifs is 1. The lowest BCUT2D eigenvalue weighted by Crippen LogP contribution is -2.50. The highest BCUT2D eigenvalue weighted by Gasteiger charge is 2.36. The summed E-state index contributed by atoms with van der Waals surface area (Å²) in [7, 11) is 0. The molecule has 0 amide bonds. The Bertz CT molecular complexity index is 1310. The maximum atomic E-state index is 6.60. The van der Waals surface area contributed by atoms with Crippen LogP contribution in [0.1, 0.15) is 48.8 Å². The molecule has 0 saturated carbocycles. The van der Waals surface area contributed by atoms with Gasteiger partial charge in [-0.15, -0.1) is 0 Å². The van der Waals surface area contributed by atoms with E-state index in [1.54, 1.807) is 0 Å². The van der Waals surface area contributed by atoms with Crippen molar-refractivity contribution in [2.45, 2.75) is 57.5 Å². The first-order valence-corrected chi connectivity index (χ1v) is 15.1. The van der Waals surface area contributed by atoms with Crippen molar-refractivity contribution in [3.63, 3.8) is 0 Å². The Morgan fingerprint density at radius 3 is 2.22 bits per heavy atom. The zero-order valence-corrected chi connectivity index (χ0v) is 24.2. The molecule has 4 aromatic rings. The van der Waals surface area contributed by atoms with E-state index in [1.807, 2.05) is 18.2 Å². The predicted octanol–water partition coefficient (Wildman–Crippen LogP) is 7.28. The first kappa shape index (κ1) is 29.3. The van der Waals surface area contributed by atoms with Gasteiger partial charge in [-0.05, 0) is 52.1 Å². The molecule has 0 unspecified atom stereocenters. The number of nitrogens with one attached hydrogen (secondary N) is 1. The third-order valence-corrected chi connectivity index (χ3v) is 7.68. The highest BCUT2D eigenvalue weighted by Crippen LogP contribution is 2.32. The number of unbranched alkanes of at least 4 members (excludes halogenated alkanes) is 1. The molecule has 4 aromatic carbocycles. The molecule has 0 radical (unpaired) electrons. The lowest BCUT2D eigenvalue weighted by Gasteiger charge is -2.39. The van der Waals surface area contributed by atoms with Crippen LogP contribution in [0.25, 0.3) is 10.8 Å². The predicted molar refractivity (Wildman–Crippen MR) is 165 cm³/mol. The molecule has 216 valence electrons. The minimum absolute atomic E-state index is 0.00961. The molecular formula is C36H43NO4. The topological polar surface area (TPSA) is 49.0 Å². The fourth-order valence-corrected chi connectivity index (χ4v) is 5.43. The second-order valence-electron chi connectivity index (χ2n) is 10.8. The number of ether oxygens (including phenoxy) is 4. The van der Waals surface area contributed by atoms with Gasteiger partial charge in [0, 0.05) is 32.0 Å². The maximum absolute atomic E-state index is 6.60. The third kappa shape index (κ3) is 8.64. The Labute approximate surface area is 244 Å². The summed E-state index contributed by atoms with van der Waals surface area (Å²) in [6.45, 7) is 7.10. The van der Waals surface area contributed by atoms with Crippen molar-refractivity contribution >= 4 is 10.8 Å². The zero-order chi connectivity index (χ0) is 28.1. The third-order valence-electron chi connectivity index (χ3n) is 7.68. The van der Waals surface area contributed by atoms with Crippen molar-refractivity contribution in [2.24, 2.45) is 0 Å². The highest BCUT2D eigenvalue weighted by molar-refractivity contribution is 5.82. The van der Waals surface area contributed by atoms with Crippen LogP contribution >= 0.6 is 0 Å². The fourth-order valence-electron chi connectivity index (χ4n) is 5.43. The van der Waals surface area contributed by atoms with Gasteiger partial charge in [-0.3, -0.25) is 0 Å². The van der Waals surface area contributed by atoms with E-state index in [0.717, 1.165) is 44.7 Å². The first-order valence-electron chi connectivity index (χ1n) is 15.1. The molecule has 0 aliphatic carbocycles. The van der Waals surface area contributed by atoms with Crippen molar-refractivity contribution in [1.29, 1.82) is 0 Å². The molecule has 1 aliphatic heterocycles. The molecule has 0 spiro atoms. The lowest BCUT2D eigenvalue weighted by molar-refractivity contribution is -0.0603. The quantitative estimate of drug-likeness (QED) is 0.157. The minimum Gasteiger partial charge on any atom is -0.494 e. The first-order chi connectivity index (χ1) is 20.3. The van der Waals surface area contributed by atoms with Gasteiger partial charge in [-0.1, -0.05) is 92.2 Å². The van der Waals surface area contributed by atoms with Gasteiger partial charge in [0.25, 0.3) is 0 Å². The molecule has 1 heterocycles. The van der Waals surface area contributed by atoms with Crippen LogP contribution in [0.15, 0.2) is 97.1 Å². The zero-order valence-electron chi connectivity index (χ0n) is 24.2. The van der Waals surface area contributed by atoms with Crippen LogP contribution in [0.5, 0.6) is 5.75 Å². The van der Waals surface area contributed by atoms with E-state index in [4.69, 9.17) is 18.9 Å². The van der Waals surface area contributed by atoms with Crippen molar-refractivity contribution in [3.8, 4) is 5.75 Å². The van der Waals surface area contributed by atoms with E-state index < -0.39 is 0 Å². The van der Waals surface area contributed by atoms with Crippen molar-refractivity contribution in [3.05, 3.63) is 114 Å². The number of hydrogen-bond acceptors (Lipinski definition) is 5. The van der Waals surface area contributed by atoms with E-state index >= 15 is 0 Å². The van der Waals surface area contributed by atoms with Gasteiger partial charge in [0.1, 0.15) is 5.75 Å². The Hall–Kier alpha value is -3.22. The smallest absolute Gasteiger partial charge is 0.119 e. The molecule has 5 rings (SSSR count). The largest absolute Gasteiger partial charge is 0.494 e. The lowest BCUT2D eigenvalue weighted by atomic mass is 9.85. The van der Waals surface area contributed by atoms with Gasteiger partial charge < -0.3 is 24.3 Å². The molecule has 5 heteroatoms. The Balaban J connectivity index is 1.17. The molecule has 5 nitrogen and oxygen atoms in total. The summed E-state index contributed by atoms with van der Waals surface area (Å²) < 4.78 is 24.8. The molecule has 1 aliphatic rings. The van der Waals surface area contributed by atoms with E-state index in [0.29, 0.717) is 26.4 Å². The monoisotopic (exact) mass is 553 g/mol. The molecule has 1 N–H and O–H groups in total. The Morgan fingerprint density at radius 2 is 1.41 bits per heavy atom. The van der Waals surface area contributed by atoms with Gasteiger partial charge in [0.15, 0.2) is 0 Å². The van der Waals surface area contributed by atoms with Crippen LogP contribution < -0.4 is 10.1 Å². The normalized spacial score (nSPS) is 18.9. The number of piperidine rings is 1. The standard InChI is InChI=1S/C36H43NO4/c1-2-3-21-40-34-24-37-25-35(41-27-29-14-15-30-12-7-8-13-32(30)23-29)36(34)31-16-18-33(19-17-31)39-22-9-20-38-26-28-10-5-4-6-11-28/h4-8,10-19,23,34-37H,2-3,9,20-22,24-27H2,1H3/t34-,35+,36+/m1/s1. The van der Waals surface area contributed by atoms with Crippen LogP contribution in [0.4, 0.5) is 0 Å². The van der Waals surface area contributed by atoms with Crippen LogP contribution in [0, 0.1) is 0 Å². The molecule has 1 saturated heterocycles. The minimum atomic E-state index is 0.00961. The molecular weight excluding hydrogens is 510 g/mol. The summed E-state index contributed by atoms with van der Waals surface area (Å²) in [4.78, 5) is 0. The number of benzene rings is 4. The second-order valence-corrected chi connectivity index (χ2v) is 10.8. The van der Waals surface area contributed by atoms with E-state index in [1.165, 1.54) is 27.5 Å². The highest BCUT2D eigenvalue weighted by atomic mass is 16.5. The molecule has 3 atom stereocenters. The fraction of sp³-hybridized carbons (Fsp3) is 0.389. The summed E-state index contributed by atoms with van der Waals surface area (Å²) in [5.74, 6) is 1.02. The average Bonchev–Trinajstić information content (AvgIpc) is 3.02. The summed E-state index contributed by atoms with van der Waals surface area (Å²) in [6.07, 6.45) is 3.10. The molecule has 1 fully saturated rings. The van der Waals surface area contributed by atoms with Crippen molar-refractivity contribution < 1.29 is 18.9 Å². The van der Waals surface area contributed by atoms with Gasteiger partial charge in [-0.2, -0.15) is 0 Å². The Morgan fingerprint density at radius 1 is 0.659 bits per heavy atom. The van der Waals surface area contributed by atoms with Crippen LogP contribution in [0.2, 0.25) is 0 Å². The molecule has 41 heavy (non-hydrogen) atoms. The van der Waals surface area contributed by atoms with Gasteiger partial charge in [-0.25, -0.2) is 0 Å². The van der Waals surface area contributed by atoms with Crippen molar-refractivity contribution in [2.75, 3.05) is 32.9 Å². The van der Waals surface area contributed by atoms with Gasteiger partial charge >= 0.3 is 0 Å². The van der Waals surface area contributed by atoms with Gasteiger partial charge in [0.05, 0.1) is 38.6 Å². The summed E-state index contributed by atoms with van der Waals surface area (Å²) >= 11 is 0. The van der Waals surface area contributed by atoms with Crippen LogP contribution in [0.3, 0.4) is 0 Å². The van der Waals surface area contributed by atoms with E-state index in [-0.39, 0.29) is 18.1 Å².